The minimum Gasteiger partial charge on any atom is -0.486 e. The largest absolute Gasteiger partial charge is 0.486 e. The summed E-state index contributed by atoms with van der Waals surface area (Å²) in [5, 5.41) is 9.92. The second kappa shape index (κ2) is 9.26. The van der Waals surface area contributed by atoms with Crippen molar-refractivity contribution in [2.24, 2.45) is 0 Å². The molecule has 1 heterocycles. The maximum absolute atomic E-state index is 13.2. The Morgan fingerprint density at radius 2 is 2.04 bits per heavy atom. The van der Waals surface area contributed by atoms with E-state index in [0.29, 0.717) is 28.9 Å². The fourth-order valence-electron chi connectivity index (χ4n) is 2.33. The van der Waals surface area contributed by atoms with Gasteiger partial charge in [-0.1, -0.05) is 53.2 Å². The molecule has 0 saturated heterocycles. The van der Waals surface area contributed by atoms with E-state index in [2.05, 4.69) is 16.8 Å². The highest BCUT2D eigenvalue weighted by atomic mass is 35.5. The molecule has 3 aromatic rings. The van der Waals surface area contributed by atoms with Crippen LogP contribution in [0.5, 0.6) is 5.75 Å². The van der Waals surface area contributed by atoms with Gasteiger partial charge in [-0.25, -0.2) is 4.39 Å². The van der Waals surface area contributed by atoms with Crippen LogP contribution < -0.4 is 4.74 Å². The first-order valence-electron chi connectivity index (χ1n) is 8.05. The lowest BCUT2D eigenvalue weighted by molar-refractivity contribution is 0.288. The van der Waals surface area contributed by atoms with Gasteiger partial charge in [-0.05, 0) is 29.8 Å². The number of halogens is 3. The highest BCUT2D eigenvalue weighted by Crippen LogP contribution is 2.25. The second-order valence-corrected chi connectivity index (χ2v) is 7.37. The van der Waals surface area contributed by atoms with Gasteiger partial charge in [0.25, 0.3) is 0 Å². The third kappa shape index (κ3) is 5.25. The lowest BCUT2D eigenvalue weighted by Crippen LogP contribution is -2.07. The Balaban J connectivity index is 1.70. The normalized spacial score (nSPS) is 10.8. The zero-order valence-corrected chi connectivity index (χ0v) is 16.6. The zero-order chi connectivity index (χ0) is 19.2. The van der Waals surface area contributed by atoms with E-state index in [1.807, 2.05) is 28.8 Å². The highest BCUT2D eigenvalue weighted by molar-refractivity contribution is 7.98. The summed E-state index contributed by atoms with van der Waals surface area (Å²) in [4.78, 5) is 0. The van der Waals surface area contributed by atoms with Gasteiger partial charge in [0.15, 0.2) is 11.0 Å². The van der Waals surface area contributed by atoms with Crippen molar-refractivity contribution in [3.05, 3.63) is 82.4 Å². The average Bonchev–Trinajstić information content (AvgIpc) is 3.03. The molecule has 140 valence electrons. The predicted octanol–water partition coefficient (Wildman–Crippen LogP) is 5.78. The van der Waals surface area contributed by atoms with E-state index in [4.69, 9.17) is 27.9 Å². The van der Waals surface area contributed by atoms with E-state index in [9.17, 15) is 4.39 Å². The van der Waals surface area contributed by atoms with Crippen molar-refractivity contribution in [2.75, 3.05) is 0 Å². The number of aromatic nitrogens is 3. The van der Waals surface area contributed by atoms with Gasteiger partial charge in [0.05, 0.1) is 5.02 Å². The van der Waals surface area contributed by atoms with Crippen molar-refractivity contribution in [2.45, 2.75) is 24.1 Å². The molecule has 2 aromatic carbocycles. The lowest BCUT2D eigenvalue weighted by Gasteiger charge is -2.09. The molecule has 0 fully saturated rings. The molecule has 0 atom stereocenters. The molecule has 0 saturated carbocycles. The summed E-state index contributed by atoms with van der Waals surface area (Å²) >= 11 is 13.4. The summed E-state index contributed by atoms with van der Waals surface area (Å²) in [6.07, 6.45) is 1.77. The highest BCUT2D eigenvalue weighted by Gasteiger charge is 2.13. The third-order valence-corrected chi connectivity index (χ3v) is 5.18. The Labute approximate surface area is 171 Å². The first-order valence-corrected chi connectivity index (χ1v) is 9.79. The van der Waals surface area contributed by atoms with Crippen molar-refractivity contribution in [1.82, 2.24) is 14.8 Å². The van der Waals surface area contributed by atoms with E-state index in [1.54, 1.807) is 17.8 Å². The monoisotopic (exact) mass is 423 g/mol. The number of allylic oxidation sites excluding steroid dienone is 1. The summed E-state index contributed by atoms with van der Waals surface area (Å²) in [5.74, 6) is 1.33. The number of nitrogens with zero attached hydrogens (tertiary/aromatic N) is 3. The number of ether oxygens (including phenoxy) is 1. The molecule has 0 aliphatic carbocycles. The number of hydrogen-bond donors (Lipinski definition) is 0. The van der Waals surface area contributed by atoms with Crippen LogP contribution in [0, 0.1) is 5.82 Å². The van der Waals surface area contributed by atoms with Gasteiger partial charge in [-0.3, -0.25) is 4.57 Å². The van der Waals surface area contributed by atoms with Crippen molar-refractivity contribution in [3.63, 3.8) is 0 Å². The molecule has 8 heteroatoms. The van der Waals surface area contributed by atoms with Crippen LogP contribution in [0.25, 0.3) is 0 Å². The van der Waals surface area contributed by atoms with Gasteiger partial charge in [0.2, 0.25) is 0 Å². The molecule has 0 N–H and O–H groups in total. The zero-order valence-electron chi connectivity index (χ0n) is 14.2. The summed E-state index contributed by atoms with van der Waals surface area (Å²) in [7, 11) is 0. The minimum absolute atomic E-state index is 0.0119. The third-order valence-electron chi connectivity index (χ3n) is 3.62. The van der Waals surface area contributed by atoms with Gasteiger partial charge < -0.3 is 4.74 Å². The van der Waals surface area contributed by atoms with Crippen LogP contribution in [0.4, 0.5) is 4.39 Å². The molecule has 27 heavy (non-hydrogen) atoms. The molecule has 4 nitrogen and oxygen atoms in total. The minimum atomic E-state index is -0.487. The Kier molecular flexibility index (Phi) is 6.77. The Morgan fingerprint density at radius 3 is 2.78 bits per heavy atom. The summed E-state index contributed by atoms with van der Waals surface area (Å²) in [6.45, 7) is 4.51. The van der Waals surface area contributed by atoms with Crippen LogP contribution in [0.2, 0.25) is 10.0 Å². The summed E-state index contributed by atoms with van der Waals surface area (Å²) < 4.78 is 20.8. The standard InChI is InChI=1S/C19H16Cl2FN3OS/c1-2-8-25-18(11-26-15-6-7-17(22)16(21)10-15)23-24-19(25)27-12-13-4-3-5-14(20)9-13/h2-7,9-10H,1,8,11-12H2. The van der Waals surface area contributed by atoms with E-state index in [-0.39, 0.29) is 11.6 Å². The first kappa shape index (κ1) is 19.7. The molecule has 0 spiro atoms. The number of thioether (sulfide) groups is 1. The topological polar surface area (TPSA) is 39.9 Å². The molecule has 0 bridgehead atoms. The maximum atomic E-state index is 13.2. The van der Waals surface area contributed by atoms with Crippen molar-refractivity contribution in [1.29, 1.82) is 0 Å². The number of hydrogen-bond acceptors (Lipinski definition) is 4. The lowest BCUT2D eigenvalue weighted by atomic mass is 10.2. The molecular weight excluding hydrogens is 408 g/mol. The molecular formula is C19H16Cl2FN3OS. The van der Waals surface area contributed by atoms with Gasteiger partial charge >= 0.3 is 0 Å². The molecule has 1 aromatic heterocycles. The smallest absolute Gasteiger partial charge is 0.191 e. The van der Waals surface area contributed by atoms with Crippen LogP contribution >= 0.6 is 35.0 Å². The number of rotatable bonds is 8. The van der Waals surface area contributed by atoms with Crippen LogP contribution in [0.1, 0.15) is 11.4 Å². The summed E-state index contributed by atoms with van der Waals surface area (Å²) in [5.41, 5.74) is 1.10. The van der Waals surface area contributed by atoms with Crippen LogP contribution in [-0.4, -0.2) is 14.8 Å². The van der Waals surface area contributed by atoms with E-state index >= 15 is 0 Å². The van der Waals surface area contributed by atoms with Gasteiger partial charge in [-0.2, -0.15) is 0 Å². The Bertz CT molecular complexity index is 948. The van der Waals surface area contributed by atoms with Gasteiger partial charge in [0, 0.05) is 23.4 Å². The van der Waals surface area contributed by atoms with Gasteiger partial charge in [0.1, 0.15) is 18.2 Å². The SMILES string of the molecule is C=CCn1c(COc2ccc(F)c(Cl)c2)nnc1SCc1cccc(Cl)c1. The first-order chi connectivity index (χ1) is 13.1. The van der Waals surface area contributed by atoms with E-state index in [0.717, 1.165) is 10.7 Å². The fourth-order valence-corrected chi connectivity index (χ4v) is 3.63. The molecule has 0 amide bonds. The molecule has 3 rings (SSSR count). The van der Waals surface area contributed by atoms with E-state index in [1.165, 1.54) is 18.2 Å². The number of benzene rings is 2. The molecule has 0 aliphatic heterocycles. The van der Waals surface area contributed by atoms with Crippen LogP contribution in [0.15, 0.2) is 60.3 Å². The maximum Gasteiger partial charge on any atom is 0.191 e. The molecule has 0 aliphatic rings. The van der Waals surface area contributed by atoms with Crippen molar-refractivity contribution < 1.29 is 9.13 Å². The quantitative estimate of drug-likeness (QED) is 0.340. The van der Waals surface area contributed by atoms with Gasteiger partial charge in [-0.15, -0.1) is 16.8 Å². The Hall–Kier alpha value is -2.02. The van der Waals surface area contributed by atoms with Crippen molar-refractivity contribution >= 4 is 35.0 Å². The van der Waals surface area contributed by atoms with Crippen molar-refractivity contribution in [3.8, 4) is 5.75 Å². The van der Waals surface area contributed by atoms with Crippen LogP contribution in [-0.2, 0) is 18.9 Å². The average molecular weight is 424 g/mol. The predicted molar refractivity (Wildman–Crippen MR) is 107 cm³/mol. The fraction of sp³-hybridized carbons (Fsp3) is 0.158. The Morgan fingerprint density at radius 1 is 1.19 bits per heavy atom. The second-order valence-electron chi connectivity index (χ2n) is 5.58. The van der Waals surface area contributed by atoms with Crippen LogP contribution in [0.3, 0.4) is 0 Å². The molecule has 0 radical (unpaired) electrons. The molecule has 0 unspecified atom stereocenters. The summed E-state index contributed by atoms with van der Waals surface area (Å²) in [6, 6.07) is 11.9. The van der Waals surface area contributed by atoms with E-state index < -0.39 is 5.82 Å².